The van der Waals surface area contributed by atoms with Gasteiger partial charge in [0.05, 0.1) is 0 Å². The Balaban J connectivity index is 2.98. The normalized spacial score (nSPS) is 12.4. The van der Waals surface area contributed by atoms with E-state index in [2.05, 4.69) is 59.8 Å². The molecule has 2 nitrogen and oxygen atoms in total. The molecule has 0 spiro atoms. The maximum absolute atomic E-state index is 6.00. The van der Waals surface area contributed by atoms with Crippen LogP contribution in [0, 0.1) is 0 Å². The quantitative estimate of drug-likeness (QED) is 0.703. The van der Waals surface area contributed by atoms with Crippen molar-refractivity contribution in [3.05, 3.63) is 28.2 Å². The number of unbranched alkanes of at least 4 members (excludes halogenated alkanes) is 2. The Hall–Kier alpha value is -0.540. The summed E-state index contributed by atoms with van der Waals surface area (Å²) in [5, 5.41) is 0. The molecular weight excluding hydrogens is 312 g/mol. The zero-order valence-electron chi connectivity index (χ0n) is 13.2. The van der Waals surface area contributed by atoms with Gasteiger partial charge in [0.1, 0.15) is 0 Å². The summed E-state index contributed by atoms with van der Waals surface area (Å²) in [4.78, 5) is 2.54. The first-order valence-corrected chi connectivity index (χ1v) is 8.66. The van der Waals surface area contributed by atoms with E-state index >= 15 is 0 Å². The van der Waals surface area contributed by atoms with E-state index in [1.807, 2.05) is 0 Å². The SMILES string of the molecule is CCCCN(CCCC)c1cc(Br)ccc1CC(C)N. The van der Waals surface area contributed by atoms with Crippen molar-refractivity contribution < 1.29 is 0 Å². The predicted molar refractivity (Wildman–Crippen MR) is 93.5 cm³/mol. The molecule has 0 aliphatic heterocycles. The minimum Gasteiger partial charge on any atom is -0.371 e. The zero-order chi connectivity index (χ0) is 15.0. The average molecular weight is 341 g/mol. The molecule has 1 atom stereocenters. The summed E-state index contributed by atoms with van der Waals surface area (Å²) < 4.78 is 1.15. The third-order valence-electron chi connectivity index (χ3n) is 3.49. The minimum absolute atomic E-state index is 0.203. The van der Waals surface area contributed by atoms with Crippen LogP contribution in [-0.4, -0.2) is 19.1 Å². The fourth-order valence-corrected chi connectivity index (χ4v) is 2.75. The van der Waals surface area contributed by atoms with Crippen LogP contribution in [0.15, 0.2) is 22.7 Å². The summed E-state index contributed by atoms with van der Waals surface area (Å²) in [6.45, 7) is 8.86. The van der Waals surface area contributed by atoms with Crippen LogP contribution in [0.4, 0.5) is 5.69 Å². The number of rotatable bonds is 9. The Kier molecular flexibility index (Phi) is 8.24. The molecule has 2 N–H and O–H groups in total. The van der Waals surface area contributed by atoms with E-state index in [1.165, 1.54) is 36.9 Å². The molecule has 3 heteroatoms. The van der Waals surface area contributed by atoms with Crippen molar-refractivity contribution in [2.24, 2.45) is 5.73 Å². The lowest BCUT2D eigenvalue weighted by Gasteiger charge is -2.28. The van der Waals surface area contributed by atoms with E-state index in [-0.39, 0.29) is 6.04 Å². The van der Waals surface area contributed by atoms with E-state index in [1.54, 1.807) is 0 Å². The Bertz CT molecular complexity index is 383. The molecule has 0 heterocycles. The fourth-order valence-electron chi connectivity index (χ4n) is 2.40. The van der Waals surface area contributed by atoms with Crippen molar-refractivity contribution in [1.82, 2.24) is 0 Å². The van der Waals surface area contributed by atoms with Gasteiger partial charge in [0, 0.05) is 29.3 Å². The summed E-state index contributed by atoms with van der Waals surface area (Å²) in [5.74, 6) is 0. The zero-order valence-corrected chi connectivity index (χ0v) is 14.7. The highest BCUT2D eigenvalue weighted by molar-refractivity contribution is 9.10. The number of nitrogens with zero attached hydrogens (tertiary/aromatic N) is 1. The van der Waals surface area contributed by atoms with Gasteiger partial charge in [-0.05, 0) is 43.9 Å². The first-order valence-electron chi connectivity index (χ1n) is 7.87. The van der Waals surface area contributed by atoms with Gasteiger partial charge in [-0.2, -0.15) is 0 Å². The van der Waals surface area contributed by atoms with Gasteiger partial charge < -0.3 is 10.6 Å². The highest BCUT2D eigenvalue weighted by Crippen LogP contribution is 2.27. The number of hydrogen-bond donors (Lipinski definition) is 1. The number of benzene rings is 1. The van der Waals surface area contributed by atoms with E-state index < -0.39 is 0 Å². The van der Waals surface area contributed by atoms with Gasteiger partial charge in [-0.15, -0.1) is 0 Å². The van der Waals surface area contributed by atoms with Gasteiger partial charge in [0.25, 0.3) is 0 Å². The van der Waals surface area contributed by atoms with Crippen LogP contribution in [-0.2, 0) is 6.42 Å². The molecule has 1 rings (SSSR count). The van der Waals surface area contributed by atoms with Crippen LogP contribution in [0.25, 0.3) is 0 Å². The Morgan fingerprint density at radius 1 is 1.15 bits per heavy atom. The molecule has 1 unspecified atom stereocenters. The topological polar surface area (TPSA) is 29.3 Å². The molecule has 1 aromatic carbocycles. The summed E-state index contributed by atoms with van der Waals surface area (Å²) in [7, 11) is 0. The molecule has 114 valence electrons. The van der Waals surface area contributed by atoms with E-state index in [0.717, 1.165) is 24.0 Å². The lowest BCUT2D eigenvalue weighted by molar-refractivity contribution is 0.669. The Labute approximate surface area is 132 Å². The van der Waals surface area contributed by atoms with Crippen molar-refractivity contribution >= 4 is 21.6 Å². The summed E-state index contributed by atoms with van der Waals surface area (Å²) in [5.41, 5.74) is 8.73. The third kappa shape index (κ3) is 5.84. The van der Waals surface area contributed by atoms with Crippen LogP contribution in [0.3, 0.4) is 0 Å². The first kappa shape index (κ1) is 17.5. The predicted octanol–water partition coefficient (Wildman–Crippen LogP) is 4.75. The van der Waals surface area contributed by atoms with Gasteiger partial charge in [0.2, 0.25) is 0 Å². The second kappa shape index (κ2) is 9.41. The maximum atomic E-state index is 6.00. The smallest absolute Gasteiger partial charge is 0.0410 e. The molecule has 0 fully saturated rings. The first-order chi connectivity index (χ1) is 9.58. The number of nitrogens with two attached hydrogens (primary N) is 1. The van der Waals surface area contributed by atoms with Crippen LogP contribution >= 0.6 is 15.9 Å². The summed E-state index contributed by atoms with van der Waals surface area (Å²) in [6.07, 6.45) is 5.90. The van der Waals surface area contributed by atoms with Gasteiger partial charge in [-0.25, -0.2) is 0 Å². The third-order valence-corrected chi connectivity index (χ3v) is 3.99. The van der Waals surface area contributed by atoms with Crippen molar-refractivity contribution in [2.75, 3.05) is 18.0 Å². The molecule has 0 aliphatic carbocycles. The van der Waals surface area contributed by atoms with E-state index in [9.17, 15) is 0 Å². The summed E-state index contributed by atoms with van der Waals surface area (Å²) >= 11 is 3.61. The molecular formula is C17H29BrN2. The maximum Gasteiger partial charge on any atom is 0.0410 e. The average Bonchev–Trinajstić information content (AvgIpc) is 2.41. The molecule has 0 aliphatic rings. The Morgan fingerprint density at radius 3 is 2.25 bits per heavy atom. The van der Waals surface area contributed by atoms with E-state index in [0.29, 0.717) is 0 Å². The van der Waals surface area contributed by atoms with Gasteiger partial charge in [0.15, 0.2) is 0 Å². The molecule has 1 aromatic rings. The molecule has 0 aromatic heterocycles. The number of hydrogen-bond acceptors (Lipinski definition) is 2. The van der Waals surface area contributed by atoms with Gasteiger partial charge in [-0.1, -0.05) is 48.7 Å². The van der Waals surface area contributed by atoms with Crippen LogP contribution in [0.2, 0.25) is 0 Å². The second-order valence-electron chi connectivity index (χ2n) is 5.65. The molecule has 0 saturated carbocycles. The largest absolute Gasteiger partial charge is 0.371 e. The van der Waals surface area contributed by atoms with Crippen molar-refractivity contribution in [3.63, 3.8) is 0 Å². The van der Waals surface area contributed by atoms with Crippen molar-refractivity contribution in [1.29, 1.82) is 0 Å². The highest BCUT2D eigenvalue weighted by Gasteiger charge is 2.12. The lowest BCUT2D eigenvalue weighted by atomic mass is 10.0. The number of halogens is 1. The van der Waals surface area contributed by atoms with Gasteiger partial charge in [-0.3, -0.25) is 0 Å². The second-order valence-corrected chi connectivity index (χ2v) is 6.56. The highest BCUT2D eigenvalue weighted by atomic mass is 79.9. The monoisotopic (exact) mass is 340 g/mol. The number of anilines is 1. The van der Waals surface area contributed by atoms with Crippen LogP contribution in [0.5, 0.6) is 0 Å². The van der Waals surface area contributed by atoms with Crippen LogP contribution in [0.1, 0.15) is 52.0 Å². The molecule has 0 bridgehead atoms. The molecule has 0 amide bonds. The molecule has 0 radical (unpaired) electrons. The lowest BCUT2D eigenvalue weighted by Crippen LogP contribution is -2.28. The van der Waals surface area contributed by atoms with Crippen molar-refractivity contribution in [2.45, 2.75) is 58.9 Å². The standard InChI is InChI=1S/C17H29BrN2/c1-4-6-10-20(11-7-5-2)17-13-16(18)9-8-15(17)12-14(3)19/h8-9,13-14H,4-7,10-12,19H2,1-3H3. The molecule has 20 heavy (non-hydrogen) atoms. The van der Waals surface area contributed by atoms with Gasteiger partial charge >= 0.3 is 0 Å². The van der Waals surface area contributed by atoms with Crippen molar-refractivity contribution in [3.8, 4) is 0 Å². The minimum atomic E-state index is 0.203. The fraction of sp³-hybridized carbons (Fsp3) is 0.647. The molecule has 0 saturated heterocycles. The van der Waals surface area contributed by atoms with E-state index in [4.69, 9.17) is 5.73 Å². The Morgan fingerprint density at radius 2 is 1.75 bits per heavy atom. The summed E-state index contributed by atoms with van der Waals surface area (Å²) in [6, 6.07) is 6.80. The van der Waals surface area contributed by atoms with Crippen LogP contribution < -0.4 is 10.6 Å².